The van der Waals surface area contributed by atoms with E-state index < -0.39 is 30.3 Å². The number of aliphatic carboxylic acids is 2. The van der Waals surface area contributed by atoms with Gasteiger partial charge in [0.25, 0.3) is 11.5 Å². The number of carboxylic acid groups (broad SMARTS) is 2. The molecule has 2 heterocycles. The topological polar surface area (TPSA) is 158 Å². The van der Waals surface area contributed by atoms with Crippen molar-refractivity contribution in [2.24, 2.45) is 0 Å². The number of benzene rings is 3. The summed E-state index contributed by atoms with van der Waals surface area (Å²) in [6.45, 7) is 2.21. The SMILES string of the molecule is Cc1nc2ccc3ccc(CNc4ccc5c(c4)CN([C@@H](CCC(=O)[O-])C(=O)[O-])C5=O)cc3c2c(=O)[nH]1.[Na+].[Na+]. The number of amides is 1. The molecule has 12 heteroatoms. The largest absolute Gasteiger partial charge is 1.00 e. The second kappa shape index (κ2) is 12.6. The van der Waals surface area contributed by atoms with Gasteiger partial charge in [0.1, 0.15) is 5.82 Å². The number of aromatic nitrogens is 2. The quantitative estimate of drug-likeness (QED) is 0.164. The average Bonchev–Trinajstić information content (AvgIpc) is 3.17. The molecule has 10 nitrogen and oxygen atoms in total. The van der Waals surface area contributed by atoms with Crippen LogP contribution in [0.3, 0.4) is 0 Å². The Kier molecular flexibility index (Phi) is 9.98. The second-order valence-electron chi connectivity index (χ2n) is 9.07. The summed E-state index contributed by atoms with van der Waals surface area (Å²) in [5.41, 5.74) is 3.08. The molecular weight excluding hydrogens is 522 g/mol. The van der Waals surface area contributed by atoms with Gasteiger partial charge in [0, 0.05) is 30.3 Å². The van der Waals surface area contributed by atoms with Gasteiger partial charge in [-0.05, 0) is 72.0 Å². The molecule has 5 rings (SSSR count). The molecule has 188 valence electrons. The molecule has 0 saturated carbocycles. The van der Waals surface area contributed by atoms with E-state index in [9.17, 15) is 29.4 Å². The molecule has 1 aromatic heterocycles. The van der Waals surface area contributed by atoms with E-state index in [-0.39, 0.29) is 77.6 Å². The van der Waals surface area contributed by atoms with Crippen LogP contribution >= 0.6 is 0 Å². The number of rotatable bonds is 8. The Hall–Kier alpha value is -2.73. The van der Waals surface area contributed by atoms with E-state index in [0.717, 1.165) is 26.9 Å². The summed E-state index contributed by atoms with van der Waals surface area (Å²) in [5, 5.41) is 27.9. The number of aryl methyl sites for hydroxylation is 1. The number of carbonyl (C=O) groups excluding carboxylic acids is 3. The summed E-state index contributed by atoms with van der Waals surface area (Å²) in [6, 6.07) is 13.4. The number of aromatic amines is 1. The van der Waals surface area contributed by atoms with Crippen LogP contribution in [0, 0.1) is 6.92 Å². The fourth-order valence-corrected chi connectivity index (χ4v) is 4.80. The van der Waals surface area contributed by atoms with Crippen LogP contribution < -0.4 is 80.2 Å². The average molecular weight is 544 g/mol. The maximum Gasteiger partial charge on any atom is 1.00 e. The molecule has 3 aromatic carbocycles. The van der Waals surface area contributed by atoms with Gasteiger partial charge >= 0.3 is 59.1 Å². The van der Waals surface area contributed by atoms with Crippen molar-refractivity contribution < 1.29 is 83.7 Å². The molecule has 0 spiro atoms. The van der Waals surface area contributed by atoms with Gasteiger partial charge in [0.05, 0.1) is 22.9 Å². The summed E-state index contributed by atoms with van der Waals surface area (Å²) in [7, 11) is 0. The Labute approximate surface area is 267 Å². The fraction of sp³-hybridized carbons (Fsp3) is 0.222. The second-order valence-corrected chi connectivity index (χ2v) is 9.07. The molecule has 2 N–H and O–H groups in total. The number of H-pyrrole nitrogens is 1. The molecular formula is C27H22N4Na2O6. The third kappa shape index (κ3) is 6.37. The van der Waals surface area contributed by atoms with Crippen LogP contribution in [0.1, 0.15) is 40.2 Å². The van der Waals surface area contributed by atoms with Gasteiger partial charge in [0.15, 0.2) is 0 Å². The first-order valence-corrected chi connectivity index (χ1v) is 11.7. The number of fused-ring (bicyclic) bond motifs is 4. The van der Waals surface area contributed by atoms with Crippen LogP contribution in [-0.2, 0) is 22.7 Å². The number of hydrogen-bond donors (Lipinski definition) is 2. The summed E-state index contributed by atoms with van der Waals surface area (Å²) >= 11 is 0. The summed E-state index contributed by atoms with van der Waals surface area (Å²) in [4.78, 5) is 56.1. The van der Waals surface area contributed by atoms with Gasteiger partial charge in [-0.15, -0.1) is 0 Å². The molecule has 0 bridgehead atoms. The number of nitrogens with zero attached hydrogens (tertiary/aromatic N) is 2. The Balaban J connectivity index is 0.00000210. The van der Waals surface area contributed by atoms with Crippen LogP contribution in [0.2, 0.25) is 0 Å². The van der Waals surface area contributed by atoms with Crippen molar-refractivity contribution in [3.05, 3.63) is 81.4 Å². The molecule has 1 aliphatic heterocycles. The van der Waals surface area contributed by atoms with Crippen LogP contribution in [0.25, 0.3) is 21.7 Å². The maximum atomic E-state index is 12.8. The first kappa shape index (κ1) is 30.8. The van der Waals surface area contributed by atoms with E-state index in [1.807, 2.05) is 30.3 Å². The molecule has 1 atom stereocenters. The summed E-state index contributed by atoms with van der Waals surface area (Å²) < 4.78 is 0. The molecule has 39 heavy (non-hydrogen) atoms. The molecule has 4 aromatic rings. The van der Waals surface area contributed by atoms with Gasteiger partial charge in [-0.2, -0.15) is 0 Å². The van der Waals surface area contributed by atoms with Crippen molar-refractivity contribution >= 4 is 45.2 Å². The predicted octanol–water partition coefficient (Wildman–Crippen LogP) is -5.39. The Morgan fingerprint density at radius 2 is 1.82 bits per heavy atom. The normalized spacial score (nSPS) is 12.9. The van der Waals surface area contributed by atoms with E-state index in [2.05, 4.69) is 15.3 Å². The van der Waals surface area contributed by atoms with Crippen molar-refractivity contribution in [3.63, 3.8) is 0 Å². The van der Waals surface area contributed by atoms with E-state index in [0.29, 0.717) is 34.4 Å². The minimum Gasteiger partial charge on any atom is -0.550 e. The summed E-state index contributed by atoms with van der Waals surface area (Å²) in [5.74, 6) is -2.83. The molecule has 1 aliphatic rings. The molecule has 0 fully saturated rings. The van der Waals surface area contributed by atoms with Gasteiger partial charge in [-0.25, -0.2) is 4.98 Å². The van der Waals surface area contributed by atoms with E-state index in [1.54, 1.807) is 25.1 Å². The third-order valence-electron chi connectivity index (χ3n) is 6.58. The smallest absolute Gasteiger partial charge is 0.550 e. The maximum absolute atomic E-state index is 12.8. The molecule has 0 saturated heterocycles. The zero-order valence-electron chi connectivity index (χ0n) is 21.9. The minimum absolute atomic E-state index is 0. The van der Waals surface area contributed by atoms with Gasteiger partial charge in [0.2, 0.25) is 0 Å². The third-order valence-corrected chi connectivity index (χ3v) is 6.58. The van der Waals surface area contributed by atoms with Crippen molar-refractivity contribution in [1.82, 2.24) is 14.9 Å². The number of nitrogens with one attached hydrogen (secondary N) is 2. The Bertz CT molecular complexity index is 1660. The van der Waals surface area contributed by atoms with Crippen LogP contribution in [0.15, 0.2) is 53.3 Å². The predicted molar refractivity (Wildman–Crippen MR) is 131 cm³/mol. The van der Waals surface area contributed by atoms with E-state index >= 15 is 0 Å². The van der Waals surface area contributed by atoms with Gasteiger partial charge < -0.3 is 35.0 Å². The molecule has 0 aliphatic carbocycles. The first-order valence-electron chi connectivity index (χ1n) is 11.7. The van der Waals surface area contributed by atoms with E-state index in [1.165, 1.54) is 0 Å². The molecule has 1 amide bonds. The molecule has 0 unspecified atom stereocenters. The van der Waals surface area contributed by atoms with Crippen LogP contribution in [0.4, 0.5) is 5.69 Å². The Morgan fingerprint density at radius 1 is 1.08 bits per heavy atom. The van der Waals surface area contributed by atoms with Crippen LogP contribution in [0.5, 0.6) is 0 Å². The standard InChI is InChI=1S/C27H24N4O6.2Na/c1-14-29-21-7-4-16-3-2-15(10-20(16)24(21)25(34)30-14)12-28-18-5-6-19-17(11-18)13-31(26(19)35)22(27(36)37)8-9-23(32)33;;/h2-7,10-11,22,28H,8-9,12-13H2,1H3,(H,32,33)(H,36,37)(H,29,30,34);;/q;2*+1/p-2/t22-;;/m0../s1. The van der Waals surface area contributed by atoms with Crippen LogP contribution in [-0.4, -0.2) is 38.8 Å². The number of hydrogen-bond acceptors (Lipinski definition) is 8. The fourth-order valence-electron chi connectivity index (χ4n) is 4.80. The molecule has 0 radical (unpaired) electrons. The first-order chi connectivity index (χ1) is 17.7. The van der Waals surface area contributed by atoms with Crippen molar-refractivity contribution in [2.75, 3.05) is 5.32 Å². The Morgan fingerprint density at radius 3 is 2.54 bits per heavy atom. The minimum atomic E-state index is -1.51. The van der Waals surface area contributed by atoms with Crippen molar-refractivity contribution in [1.29, 1.82) is 0 Å². The zero-order chi connectivity index (χ0) is 26.3. The van der Waals surface area contributed by atoms with Gasteiger partial charge in [-0.3, -0.25) is 9.59 Å². The van der Waals surface area contributed by atoms with Crippen molar-refractivity contribution in [2.45, 2.75) is 38.9 Å². The summed E-state index contributed by atoms with van der Waals surface area (Å²) in [6.07, 6.45) is -0.780. The zero-order valence-corrected chi connectivity index (χ0v) is 25.9. The monoisotopic (exact) mass is 544 g/mol. The van der Waals surface area contributed by atoms with Crippen molar-refractivity contribution in [3.8, 4) is 0 Å². The van der Waals surface area contributed by atoms with Gasteiger partial charge in [-0.1, -0.05) is 18.2 Å². The number of carbonyl (C=O) groups is 3. The number of carboxylic acids is 2. The van der Waals surface area contributed by atoms with E-state index in [4.69, 9.17) is 0 Å². The number of anilines is 1.